The van der Waals surface area contributed by atoms with Crippen molar-refractivity contribution < 1.29 is 4.79 Å². The van der Waals surface area contributed by atoms with Crippen molar-refractivity contribution in [2.75, 3.05) is 13.1 Å². The molecule has 2 heteroatoms. The number of hydrogen-bond donors (Lipinski definition) is 0. The maximum Gasteiger partial charge on any atom is 0.131 e. The van der Waals surface area contributed by atoms with Gasteiger partial charge < -0.3 is 0 Å². The van der Waals surface area contributed by atoms with Crippen molar-refractivity contribution in [3.63, 3.8) is 0 Å². The molecule has 0 amide bonds. The van der Waals surface area contributed by atoms with Crippen molar-refractivity contribution in [2.24, 2.45) is 0 Å². The molecule has 1 aliphatic heterocycles. The topological polar surface area (TPSA) is 20.3 Å². The molecule has 0 radical (unpaired) electrons. The van der Waals surface area contributed by atoms with E-state index in [1.165, 1.54) is 43.4 Å². The average Bonchev–Trinajstić information content (AvgIpc) is 2.37. The SMILES string of the molecule is CC(=O)CC1CCCCN1CC1Cc2ccccc21. The van der Waals surface area contributed by atoms with Gasteiger partial charge in [0.2, 0.25) is 0 Å². The monoisotopic (exact) mass is 257 g/mol. The van der Waals surface area contributed by atoms with Gasteiger partial charge in [-0.15, -0.1) is 0 Å². The molecule has 0 spiro atoms. The van der Waals surface area contributed by atoms with Crippen molar-refractivity contribution in [1.29, 1.82) is 0 Å². The van der Waals surface area contributed by atoms with Crippen molar-refractivity contribution in [3.05, 3.63) is 35.4 Å². The number of rotatable bonds is 4. The molecule has 1 heterocycles. The van der Waals surface area contributed by atoms with E-state index in [1.54, 1.807) is 6.92 Å². The number of carbonyl (C=O) groups excluding carboxylic acids is 1. The van der Waals surface area contributed by atoms with Crippen LogP contribution in [0.1, 0.15) is 49.7 Å². The molecular weight excluding hydrogens is 234 g/mol. The first-order valence-electron chi connectivity index (χ1n) is 7.55. The van der Waals surface area contributed by atoms with E-state index < -0.39 is 0 Å². The number of piperidine rings is 1. The fourth-order valence-electron chi connectivity index (χ4n) is 3.67. The summed E-state index contributed by atoms with van der Waals surface area (Å²) in [6, 6.07) is 9.30. The maximum absolute atomic E-state index is 11.4. The minimum absolute atomic E-state index is 0.339. The van der Waals surface area contributed by atoms with Gasteiger partial charge in [-0.3, -0.25) is 9.69 Å². The summed E-state index contributed by atoms with van der Waals surface area (Å²) in [6.45, 7) is 4.05. The van der Waals surface area contributed by atoms with Crippen LogP contribution in [0.2, 0.25) is 0 Å². The molecule has 2 unspecified atom stereocenters. The fraction of sp³-hybridized carbons (Fsp3) is 0.588. The van der Waals surface area contributed by atoms with Crippen LogP contribution in [0, 0.1) is 0 Å². The second kappa shape index (κ2) is 5.46. The highest BCUT2D eigenvalue weighted by molar-refractivity contribution is 5.76. The molecule has 0 saturated carbocycles. The molecule has 2 atom stereocenters. The molecular formula is C17H23NO. The zero-order chi connectivity index (χ0) is 13.2. The van der Waals surface area contributed by atoms with E-state index in [2.05, 4.69) is 29.2 Å². The molecule has 1 aliphatic carbocycles. The third kappa shape index (κ3) is 2.74. The second-order valence-corrected chi connectivity index (χ2v) is 6.15. The lowest BCUT2D eigenvalue weighted by Crippen LogP contribution is -2.44. The van der Waals surface area contributed by atoms with Crippen molar-refractivity contribution in [3.8, 4) is 0 Å². The largest absolute Gasteiger partial charge is 0.300 e. The zero-order valence-electron chi connectivity index (χ0n) is 11.8. The van der Waals surface area contributed by atoms with Crippen LogP contribution in [0.15, 0.2) is 24.3 Å². The van der Waals surface area contributed by atoms with Crippen molar-refractivity contribution in [2.45, 2.75) is 51.0 Å². The summed E-state index contributed by atoms with van der Waals surface area (Å²) in [5, 5.41) is 0. The average molecular weight is 257 g/mol. The van der Waals surface area contributed by atoms with Gasteiger partial charge in [0.05, 0.1) is 0 Å². The van der Waals surface area contributed by atoms with E-state index in [9.17, 15) is 4.79 Å². The Morgan fingerprint density at radius 3 is 2.95 bits per heavy atom. The number of nitrogens with zero attached hydrogens (tertiary/aromatic N) is 1. The van der Waals surface area contributed by atoms with E-state index in [1.807, 2.05) is 0 Å². The quantitative estimate of drug-likeness (QED) is 0.826. The summed E-state index contributed by atoms with van der Waals surface area (Å²) in [5.41, 5.74) is 3.06. The number of carbonyl (C=O) groups is 1. The van der Waals surface area contributed by atoms with Gasteiger partial charge in [0.25, 0.3) is 0 Å². The van der Waals surface area contributed by atoms with Gasteiger partial charge in [-0.25, -0.2) is 0 Å². The summed E-state index contributed by atoms with van der Waals surface area (Å²) in [5.74, 6) is 1.04. The molecule has 3 rings (SSSR count). The van der Waals surface area contributed by atoms with Crippen LogP contribution in [0.3, 0.4) is 0 Å². The highest BCUT2D eigenvalue weighted by Crippen LogP contribution is 2.36. The smallest absolute Gasteiger partial charge is 0.131 e. The van der Waals surface area contributed by atoms with E-state index in [0.717, 1.165) is 13.0 Å². The third-order valence-corrected chi connectivity index (χ3v) is 4.69. The molecule has 19 heavy (non-hydrogen) atoms. The highest BCUT2D eigenvalue weighted by atomic mass is 16.1. The van der Waals surface area contributed by atoms with Crippen LogP contribution in [-0.4, -0.2) is 29.8 Å². The Balaban J connectivity index is 1.64. The second-order valence-electron chi connectivity index (χ2n) is 6.15. The Labute approximate surface area is 115 Å². The van der Waals surface area contributed by atoms with Crippen molar-refractivity contribution in [1.82, 2.24) is 4.90 Å². The predicted molar refractivity (Wildman–Crippen MR) is 77.4 cm³/mol. The van der Waals surface area contributed by atoms with E-state index in [0.29, 0.717) is 17.7 Å². The summed E-state index contributed by atoms with van der Waals surface area (Å²) in [7, 11) is 0. The lowest BCUT2D eigenvalue weighted by molar-refractivity contribution is -0.118. The first-order valence-corrected chi connectivity index (χ1v) is 7.55. The van der Waals surface area contributed by atoms with Gasteiger partial charge in [-0.05, 0) is 43.9 Å². The predicted octanol–water partition coefficient (Wildman–Crippen LogP) is 3.16. The molecule has 2 nitrogen and oxygen atoms in total. The Morgan fingerprint density at radius 1 is 1.32 bits per heavy atom. The molecule has 1 aromatic rings. The van der Waals surface area contributed by atoms with Crippen molar-refractivity contribution >= 4 is 5.78 Å². The number of fused-ring (bicyclic) bond motifs is 1. The normalized spacial score (nSPS) is 26.6. The standard InChI is InChI=1S/C17H23NO/c1-13(19)10-16-7-4-5-9-18(16)12-15-11-14-6-2-3-8-17(14)15/h2-3,6,8,15-16H,4-5,7,9-12H2,1H3. The number of Topliss-reactive ketones (excluding diaryl/α,β-unsaturated/α-hetero) is 1. The Hall–Kier alpha value is -1.15. The van der Waals surface area contributed by atoms with Gasteiger partial charge >= 0.3 is 0 Å². The highest BCUT2D eigenvalue weighted by Gasteiger charge is 2.31. The van der Waals surface area contributed by atoms with Crippen LogP contribution in [0.5, 0.6) is 0 Å². The van der Waals surface area contributed by atoms with Crippen LogP contribution < -0.4 is 0 Å². The molecule has 1 saturated heterocycles. The molecule has 0 N–H and O–H groups in total. The third-order valence-electron chi connectivity index (χ3n) is 4.69. The Kier molecular flexibility index (Phi) is 3.69. The first-order chi connectivity index (χ1) is 9.24. The van der Waals surface area contributed by atoms with Gasteiger partial charge in [-0.1, -0.05) is 30.7 Å². The Morgan fingerprint density at radius 2 is 2.16 bits per heavy atom. The lowest BCUT2D eigenvalue weighted by atomic mass is 9.77. The maximum atomic E-state index is 11.4. The van der Waals surface area contributed by atoms with Gasteiger partial charge in [0.1, 0.15) is 5.78 Å². The minimum atomic E-state index is 0.339. The van der Waals surface area contributed by atoms with E-state index >= 15 is 0 Å². The zero-order valence-corrected chi connectivity index (χ0v) is 11.8. The minimum Gasteiger partial charge on any atom is -0.300 e. The van der Waals surface area contributed by atoms with E-state index in [4.69, 9.17) is 0 Å². The van der Waals surface area contributed by atoms with Crippen LogP contribution >= 0.6 is 0 Å². The van der Waals surface area contributed by atoms with Gasteiger partial charge in [0.15, 0.2) is 0 Å². The van der Waals surface area contributed by atoms with Gasteiger partial charge in [0, 0.05) is 24.9 Å². The molecule has 0 aromatic heterocycles. The first kappa shape index (κ1) is 12.9. The molecule has 1 fully saturated rings. The summed E-state index contributed by atoms with van der Waals surface area (Å²) < 4.78 is 0. The van der Waals surface area contributed by atoms with E-state index in [-0.39, 0.29) is 0 Å². The number of hydrogen-bond acceptors (Lipinski definition) is 2. The fourth-order valence-corrected chi connectivity index (χ4v) is 3.67. The molecule has 1 aromatic carbocycles. The number of benzene rings is 1. The number of likely N-dealkylation sites (tertiary alicyclic amines) is 1. The summed E-state index contributed by atoms with van der Waals surface area (Å²) >= 11 is 0. The summed E-state index contributed by atoms with van der Waals surface area (Å²) in [6.07, 6.45) is 5.75. The van der Waals surface area contributed by atoms with Gasteiger partial charge in [-0.2, -0.15) is 0 Å². The number of ketones is 1. The Bertz CT molecular complexity index is 468. The van der Waals surface area contributed by atoms with Crippen LogP contribution in [-0.2, 0) is 11.2 Å². The van der Waals surface area contributed by atoms with Crippen LogP contribution in [0.25, 0.3) is 0 Å². The molecule has 2 aliphatic rings. The lowest BCUT2D eigenvalue weighted by Gasteiger charge is -2.40. The van der Waals surface area contributed by atoms with Crippen LogP contribution in [0.4, 0.5) is 0 Å². The molecule has 102 valence electrons. The summed E-state index contributed by atoms with van der Waals surface area (Å²) in [4.78, 5) is 14.0. The molecule has 0 bridgehead atoms.